The molecule has 82 valence electrons. The minimum atomic E-state index is -0.139. The van der Waals surface area contributed by atoms with Gasteiger partial charge in [0.05, 0.1) is 15.0 Å². The molecular weight excluding hydrogens is 253 g/mol. The molecule has 0 radical (unpaired) electrons. The summed E-state index contributed by atoms with van der Waals surface area (Å²) in [5, 5.41) is 0.967. The van der Waals surface area contributed by atoms with Crippen LogP contribution in [0.3, 0.4) is 0 Å². The number of hydrogen-bond donors (Lipinski definition) is 1. The van der Waals surface area contributed by atoms with Crippen LogP contribution >= 0.6 is 35.4 Å². The van der Waals surface area contributed by atoms with Crippen LogP contribution in [0, 0.1) is 0 Å². The fourth-order valence-corrected chi connectivity index (χ4v) is 1.84. The molecule has 0 spiro atoms. The fraction of sp³-hybridized carbons (Fsp3) is 0.300. The summed E-state index contributed by atoms with van der Waals surface area (Å²) in [5.41, 5.74) is 5.41. The first-order valence-electron chi connectivity index (χ1n) is 4.39. The fourth-order valence-electron chi connectivity index (χ4n) is 1.12. The first-order valence-corrected chi connectivity index (χ1v) is 5.56. The summed E-state index contributed by atoms with van der Waals surface area (Å²) in [7, 11) is 0. The van der Waals surface area contributed by atoms with E-state index in [1.165, 1.54) is 0 Å². The van der Waals surface area contributed by atoms with Crippen LogP contribution in [-0.2, 0) is 0 Å². The first kappa shape index (κ1) is 12.6. The van der Waals surface area contributed by atoms with Crippen molar-refractivity contribution in [2.75, 3.05) is 0 Å². The molecule has 2 nitrogen and oxygen atoms in total. The second kappa shape index (κ2) is 5.54. The van der Waals surface area contributed by atoms with E-state index >= 15 is 0 Å². The van der Waals surface area contributed by atoms with Crippen molar-refractivity contribution in [2.24, 2.45) is 5.73 Å². The lowest BCUT2D eigenvalue weighted by atomic mass is 10.3. The number of ether oxygens (including phenoxy) is 1. The third-order valence-corrected chi connectivity index (χ3v) is 2.49. The van der Waals surface area contributed by atoms with Gasteiger partial charge in [-0.15, -0.1) is 0 Å². The van der Waals surface area contributed by atoms with Crippen LogP contribution in [0.15, 0.2) is 18.2 Å². The van der Waals surface area contributed by atoms with Crippen LogP contribution in [0.5, 0.6) is 5.75 Å². The average Bonchev–Trinajstić information content (AvgIpc) is 2.10. The molecule has 0 saturated heterocycles. The van der Waals surface area contributed by atoms with Crippen molar-refractivity contribution < 1.29 is 4.74 Å². The van der Waals surface area contributed by atoms with Gasteiger partial charge in [-0.3, -0.25) is 0 Å². The van der Waals surface area contributed by atoms with Crippen LogP contribution in [0.2, 0.25) is 10.0 Å². The number of benzene rings is 1. The van der Waals surface area contributed by atoms with E-state index in [1.54, 1.807) is 18.2 Å². The highest BCUT2D eigenvalue weighted by Gasteiger charge is 2.11. The largest absolute Gasteiger partial charge is 0.487 e. The van der Waals surface area contributed by atoms with Crippen LogP contribution < -0.4 is 10.5 Å². The molecule has 0 heterocycles. The van der Waals surface area contributed by atoms with Gasteiger partial charge in [0.15, 0.2) is 5.75 Å². The zero-order valence-corrected chi connectivity index (χ0v) is 10.5. The van der Waals surface area contributed by atoms with Gasteiger partial charge in [0.2, 0.25) is 0 Å². The first-order chi connectivity index (χ1) is 7.00. The van der Waals surface area contributed by atoms with E-state index in [-0.39, 0.29) is 6.10 Å². The third kappa shape index (κ3) is 3.86. The number of para-hydroxylation sites is 1. The maximum Gasteiger partial charge on any atom is 0.156 e. The van der Waals surface area contributed by atoms with Crippen LogP contribution in [0.25, 0.3) is 0 Å². The smallest absolute Gasteiger partial charge is 0.156 e. The summed E-state index contributed by atoms with van der Waals surface area (Å²) in [6.45, 7) is 1.86. The summed E-state index contributed by atoms with van der Waals surface area (Å²) < 4.78 is 5.56. The molecule has 1 atom stereocenters. The molecule has 0 bridgehead atoms. The lowest BCUT2D eigenvalue weighted by Gasteiger charge is -2.15. The highest BCUT2D eigenvalue weighted by atomic mass is 35.5. The molecule has 0 aliphatic heterocycles. The van der Waals surface area contributed by atoms with E-state index in [9.17, 15) is 0 Å². The zero-order chi connectivity index (χ0) is 11.4. The van der Waals surface area contributed by atoms with E-state index in [4.69, 9.17) is 45.9 Å². The van der Waals surface area contributed by atoms with Crippen molar-refractivity contribution in [3.8, 4) is 5.75 Å². The normalized spacial score (nSPS) is 12.2. The van der Waals surface area contributed by atoms with E-state index in [0.29, 0.717) is 27.2 Å². The Morgan fingerprint density at radius 2 is 2.00 bits per heavy atom. The van der Waals surface area contributed by atoms with Gasteiger partial charge in [-0.1, -0.05) is 41.5 Å². The number of rotatable bonds is 4. The second-order valence-corrected chi connectivity index (χ2v) is 4.49. The summed E-state index contributed by atoms with van der Waals surface area (Å²) in [6.07, 6.45) is 0.358. The van der Waals surface area contributed by atoms with Gasteiger partial charge >= 0.3 is 0 Å². The molecule has 1 rings (SSSR count). The zero-order valence-electron chi connectivity index (χ0n) is 8.17. The van der Waals surface area contributed by atoms with Crippen molar-refractivity contribution >= 4 is 40.4 Å². The number of hydrogen-bond acceptors (Lipinski definition) is 2. The summed E-state index contributed by atoms with van der Waals surface area (Å²) in [6, 6.07) is 5.20. The predicted octanol–water partition coefficient (Wildman–Crippen LogP) is 3.44. The van der Waals surface area contributed by atoms with Gasteiger partial charge in [0, 0.05) is 6.42 Å². The van der Waals surface area contributed by atoms with Gasteiger partial charge in [-0.25, -0.2) is 0 Å². The van der Waals surface area contributed by atoms with Crippen LogP contribution in [0.4, 0.5) is 0 Å². The Morgan fingerprint density at radius 1 is 1.47 bits per heavy atom. The summed E-state index contributed by atoms with van der Waals surface area (Å²) in [5.74, 6) is 0.476. The predicted molar refractivity (Wildman–Crippen MR) is 68.0 cm³/mol. The second-order valence-electron chi connectivity index (χ2n) is 3.15. The van der Waals surface area contributed by atoms with Crippen molar-refractivity contribution in [1.29, 1.82) is 0 Å². The topological polar surface area (TPSA) is 35.2 Å². The number of halogens is 2. The molecule has 5 heteroatoms. The van der Waals surface area contributed by atoms with E-state index < -0.39 is 0 Å². The Kier molecular flexibility index (Phi) is 4.64. The van der Waals surface area contributed by atoms with Crippen molar-refractivity contribution in [3.63, 3.8) is 0 Å². The Morgan fingerprint density at radius 3 is 2.47 bits per heavy atom. The quantitative estimate of drug-likeness (QED) is 0.846. The Hall–Kier alpha value is -0.510. The molecule has 1 aromatic rings. The minimum Gasteiger partial charge on any atom is -0.487 e. The van der Waals surface area contributed by atoms with Gasteiger partial charge < -0.3 is 10.5 Å². The molecule has 0 aromatic heterocycles. The molecular formula is C10H11Cl2NOS. The number of nitrogens with two attached hydrogens (primary N) is 1. The molecule has 1 unspecified atom stereocenters. The summed E-state index contributed by atoms with van der Waals surface area (Å²) in [4.78, 5) is 0.408. The lowest BCUT2D eigenvalue weighted by molar-refractivity contribution is 0.230. The van der Waals surface area contributed by atoms with Crippen LogP contribution in [0.1, 0.15) is 13.3 Å². The number of thiocarbonyl (C=S) groups is 1. The van der Waals surface area contributed by atoms with Gasteiger partial charge in [0.25, 0.3) is 0 Å². The van der Waals surface area contributed by atoms with Gasteiger partial charge in [-0.2, -0.15) is 0 Å². The van der Waals surface area contributed by atoms with Crippen molar-refractivity contribution in [3.05, 3.63) is 28.2 Å². The van der Waals surface area contributed by atoms with Crippen molar-refractivity contribution in [1.82, 2.24) is 0 Å². The Bertz CT molecular complexity index is 350. The van der Waals surface area contributed by atoms with Gasteiger partial charge in [-0.05, 0) is 19.1 Å². The highest BCUT2D eigenvalue weighted by Crippen LogP contribution is 2.33. The standard InChI is InChI=1S/C10H11Cl2NOS/c1-6(5-9(13)15)14-10-7(11)3-2-4-8(10)12/h2-4,6H,5H2,1H3,(H2,13,15). The van der Waals surface area contributed by atoms with E-state index in [1.807, 2.05) is 6.92 Å². The van der Waals surface area contributed by atoms with Crippen molar-refractivity contribution in [2.45, 2.75) is 19.4 Å². The van der Waals surface area contributed by atoms with E-state index in [0.717, 1.165) is 0 Å². The molecule has 2 N–H and O–H groups in total. The summed E-state index contributed by atoms with van der Waals surface area (Å²) >= 11 is 16.7. The average molecular weight is 264 g/mol. The maximum atomic E-state index is 5.94. The molecule has 0 aliphatic rings. The molecule has 15 heavy (non-hydrogen) atoms. The van der Waals surface area contributed by atoms with Gasteiger partial charge in [0.1, 0.15) is 6.10 Å². The van der Waals surface area contributed by atoms with Crippen LogP contribution in [-0.4, -0.2) is 11.1 Å². The highest BCUT2D eigenvalue weighted by molar-refractivity contribution is 7.80. The third-order valence-electron chi connectivity index (χ3n) is 1.73. The van der Waals surface area contributed by atoms with E-state index in [2.05, 4.69) is 0 Å². The Balaban J connectivity index is 2.76. The Labute approximate surface area is 104 Å². The molecule has 0 fully saturated rings. The molecule has 0 saturated carbocycles. The lowest BCUT2D eigenvalue weighted by Crippen LogP contribution is -2.21. The SMILES string of the molecule is CC(CC(N)=S)Oc1c(Cl)cccc1Cl. The molecule has 0 aliphatic carbocycles. The molecule has 0 amide bonds. The monoisotopic (exact) mass is 263 g/mol. The molecule has 1 aromatic carbocycles. The maximum absolute atomic E-state index is 5.94. The minimum absolute atomic E-state index is 0.139.